The Morgan fingerprint density at radius 2 is 2.00 bits per heavy atom. The number of nitrogens with zero attached hydrogens (tertiary/aromatic N) is 1. The Kier molecular flexibility index (Phi) is 3.06. The number of ether oxygens (including phenoxy) is 1. The van der Waals surface area contributed by atoms with E-state index in [9.17, 15) is 18.0 Å². The fraction of sp³-hybridized carbons (Fsp3) is 0.364. The molecule has 1 N–H and O–H groups in total. The molecule has 7 heteroatoms. The molecule has 1 aromatic rings. The van der Waals surface area contributed by atoms with E-state index in [1.54, 1.807) is 6.07 Å². The Labute approximate surface area is 101 Å². The average Bonchev–Trinajstić information content (AvgIpc) is 2.68. The van der Waals surface area contributed by atoms with Crippen molar-refractivity contribution in [3.63, 3.8) is 0 Å². The topological polar surface area (TPSA) is 49.8 Å². The van der Waals surface area contributed by atoms with Gasteiger partial charge in [-0.05, 0) is 23.3 Å². The molecule has 0 spiro atoms. The van der Waals surface area contributed by atoms with Gasteiger partial charge in [-0.15, -0.1) is 0 Å². The fourth-order valence-electron chi connectivity index (χ4n) is 1.76. The molecule has 0 saturated carbocycles. The number of fused-ring (bicyclic) bond motifs is 1. The van der Waals surface area contributed by atoms with Gasteiger partial charge >= 0.3 is 12.3 Å². The lowest BCUT2D eigenvalue weighted by atomic mass is 10.1. The first-order valence-corrected chi connectivity index (χ1v) is 5.14. The molecular formula is C11H10F3NO3. The van der Waals surface area contributed by atoms with Crippen LogP contribution in [0.25, 0.3) is 0 Å². The number of benzene rings is 1. The van der Waals surface area contributed by atoms with Crippen LogP contribution in [0.2, 0.25) is 0 Å². The summed E-state index contributed by atoms with van der Waals surface area (Å²) in [5.74, 6) is 0.0957. The standard InChI is InChI=1S/C11H10F3NO3/c12-11(13,14)6-18-9-2-1-7-4-15(10(16)17)5-8(7)3-9/h1-3H,4-6H2,(H,16,17). The molecule has 4 nitrogen and oxygen atoms in total. The van der Waals surface area contributed by atoms with E-state index >= 15 is 0 Å². The van der Waals surface area contributed by atoms with Crippen LogP contribution in [0, 0.1) is 0 Å². The average molecular weight is 261 g/mol. The van der Waals surface area contributed by atoms with Crippen molar-refractivity contribution in [1.29, 1.82) is 0 Å². The first kappa shape index (κ1) is 12.5. The van der Waals surface area contributed by atoms with Crippen LogP contribution in [0.15, 0.2) is 18.2 Å². The number of hydrogen-bond donors (Lipinski definition) is 1. The largest absolute Gasteiger partial charge is 0.484 e. The minimum Gasteiger partial charge on any atom is -0.484 e. The zero-order valence-corrected chi connectivity index (χ0v) is 9.20. The van der Waals surface area contributed by atoms with Crippen LogP contribution in [0.3, 0.4) is 0 Å². The van der Waals surface area contributed by atoms with Gasteiger partial charge in [-0.2, -0.15) is 13.2 Å². The predicted octanol–water partition coefficient (Wildman–Crippen LogP) is 2.62. The van der Waals surface area contributed by atoms with E-state index in [4.69, 9.17) is 5.11 Å². The highest BCUT2D eigenvalue weighted by molar-refractivity contribution is 5.66. The number of hydrogen-bond acceptors (Lipinski definition) is 2. The van der Waals surface area contributed by atoms with Crippen molar-refractivity contribution >= 4 is 6.09 Å². The van der Waals surface area contributed by atoms with Crippen LogP contribution in [-0.4, -0.2) is 28.9 Å². The number of carboxylic acid groups (broad SMARTS) is 1. The minimum atomic E-state index is -4.38. The molecule has 18 heavy (non-hydrogen) atoms. The molecule has 98 valence electrons. The Balaban J connectivity index is 2.06. The molecule has 0 bridgehead atoms. The molecule has 0 radical (unpaired) electrons. The molecule has 2 rings (SSSR count). The van der Waals surface area contributed by atoms with E-state index in [-0.39, 0.29) is 18.8 Å². The Morgan fingerprint density at radius 1 is 1.33 bits per heavy atom. The quantitative estimate of drug-likeness (QED) is 0.890. The number of carbonyl (C=O) groups is 1. The van der Waals surface area contributed by atoms with E-state index in [1.807, 2.05) is 0 Å². The van der Waals surface area contributed by atoms with Crippen molar-refractivity contribution in [2.24, 2.45) is 0 Å². The van der Waals surface area contributed by atoms with Crippen molar-refractivity contribution in [2.45, 2.75) is 19.3 Å². The van der Waals surface area contributed by atoms with Gasteiger partial charge in [0, 0.05) is 13.1 Å². The summed E-state index contributed by atoms with van der Waals surface area (Å²) in [5.41, 5.74) is 1.47. The van der Waals surface area contributed by atoms with Crippen LogP contribution >= 0.6 is 0 Å². The van der Waals surface area contributed by atoms with Gasteiger partial charge in [0.05, 0.1) is 0 Å². The second-order valence-electron chi connectivity index (χ2n) is 3.97. The van der Waals surface area contributed by atoms with Gasteiger partial charge in [0.1, 0.15) is 5.75 Å². The molecule has 1 amide bonds. The first-order chi connectivity index (χ1) is 8.35. The molecular weight excluding hydrogens is 251 g/mol. The highest BCUT2D eigenvalue weighted by Crippen LogP contribution is 2.27. The van der Waals surface area contributed by atoms with Gasteiger partial charge in [-0.3, -0.25) is 4.90 Å². The first-order valence-electron chi connectivity index (χ1n) is 5.14. The third-order valence-corrected chi connectivity index (χ3v) is 2.57. The molecule has 0 unspecified atom stereocenters. The summed E-state index contributed by atoms with van der Waals surface area (Å²) in [6, 6.07) is 4.45. The second-order valence-corrected chi connectivity index (χ2v) is 3.97. The summed E-state index contributed by atoms with van der Waals surface area (Å²) in [7, 11) is 0. The van der Waals surface area contributed by atoms with Crippen molar-refractivity contribution in [1.82, 2.24) is 4.90 Å². The lowest BCUT2D eigenvalue weighted by Crippen LogP contribution is -2.22. The van der Waals surface area contributed by atoms with Crippen LogP contribution < -0.4 is 4.74 Å². The number of alkyl halides is 3. The number of halogens is 3. The normalized spacial score (nSPS) is 14.5. The van der Waals surface area contributed by atoms with Gasteiger partial charge in [0.2, 0.25) is 0 Å². The predicted molar refractivity (Wildman–Crippen MR) is 55.3 cm³/mol. The van der Waals surface area contributed by atoms with Crippen molar-refractivity contribution in [3.05, 3.63) is 29.3 Å². The summed E-state index contributed by atoms with van der Waals surface area (Å²) >= 11 is 0. The zero-order chi connectivity index (χ0) is 13.3. The highest BCUT2D eigenvalue weighted by atomic mass is 19.4. The smallest absolute Gasteiger partial charge is 0.422 e. The number of rotatable bonds is 2. The molecule has 1 aliphatic rings. The molecule has 0 saturated heterocycles. The molecule has 0 atom stereocenters. The molecule has 0 fully saturated rings. The molecule has 0 aromatic heterocycles. The van der Waals surface area contributed by atoms with Gasteiger partial charge < -0.3 is 9.84 Å². The summed E-state index contributed by atoms with van der Waals surface area (Å²) in [5, 5.41) is 8.81. The van der Waals surface area contributed by atoms with Gasteiger partial charge in [0.25, 0.3) is 0 Å². The van der Waals surface area contributed by atoms with Gasteiger partial charge in [-0.25, -0.2) is 4.79 Å². The van der Waals surface area contributed by atoms with Crippen LogP contribution in [0.4, 0.5) is 18.0 Å². The zero-order valence-electron chi connectivity index (χ0n) is 9.20. The molecule has 1 aliphatic heterocycles. The maximum absolute atomic E-state index is 12.0. The number of amides is 1. The lowest BCUT2D eigenvalue weighted by molar-refractivity contribution is -0.153. The third kappa shape index (κ3) is 2.85. The summed E-state index contributed by atoms with van der Waals surface area (Å²) in [6.07, 6.45) is -5.43. The third-order valence-electron chi connectivity index (χ3n) is 2.57. The van der Waals surface area contributed by atoms with E-state index < -0.39 is 18.9 Å². The van der Waals surface area contributed by atoms with E-state index in [0.717, 1.165) is 5.56 Å². The Morgan fingerprint density at radius 3 is 2.61 bits per heavy atom. The van der Waals surface area contributed by atoms with Crippen LogP contribution in [0.1, 0.15) is 11.1 Å². The van der Waals surface area contributed by atoms with Crippen LogP contribution in [-0.2, 0) is 13.1 Å². The fourth-order valence-corrected chi connectivity index (χ4v) is 1.76. The summed E-state index contributed by atoms with van der Waals surface area (Å²) < 4.78 is 40.5. The van der Waals surface area contributed by atoms with Gasteiger partial charge in [0.15, 0.2) is 6.61 Å². The summed E-state index contributed by atoms with van der Waals surface area (Å²) in [4.78, 5) is 11.9. The maximum Gasteiger partial charge on any atom is 0.422 e. The maximum atomic E-state index is 12.0. The summed E-state index contributed by atoms with van der Waals surface area (Å²) in [6.45, 7) is -0.924. The second kappa shape index (κ2) is 4.40. The highest BCUT2D eigenvalue weighted by Gasteiger charge is 2.29. The molecule has 0 aliphatic carbocycles. The molecule has 1 aromatic carbocycles. The molecule has 1 heterocycles. The Hall–Kier alpha value is -1.92. The van der Waals surface area contributed by atoms with Crippen LogP contribution in [0.5, 0.6) is 5.75 Å². The minimum absolute atomic E-state index is 0.0957. The lowest BCUT2D eigenvalue weighted by Gasteiger charge is -2.10. The van der Waals surface area contributed by atoms with E-state index in [2.05, 4.69) is 4.74 Å². The van der Waals surface area contributed by atoms with E-state index in [0.29, 0.717) is 5.56 Å². The van der Waals surface area contributed by atoms with Gasteiger partial charge in [-0.1, -0.05) is 6.07 Å². The van der Waals surface area contributed by atoms with Crippen molar-refractivity contribution < 1.29 is 27.8 Å². The Bertz CT molecular complexity index is 473. The van der Waals surface area contributed by atoms with Crippen molar-refractivity contribution in [3.8, 4) is 5.75 Å². The van der Waals surface area contributed by atoms with E-state index in [1.165, 1.54) is 17.0 Å². The monoisotopic (exact) mass is 261 g/mol. The van der Waals surface area contributed by atoms with Crippen molar-refractivity contribution in [2.75, 3.05) is 6.61 Å². The SMILES string of the molecule is O=C(O)N1Cc2ccc(OCC(F)(F)F)cc2C1.